The Morgan fingerprint density at radius 2 is 1.61 bits per heavy atom. The van der Waals surface area contributed by atoms with Gasteiger partial charge in [-0.3, -0.25) is 0 Å². The summed E-state index contributed by atoms with van der Waals surface area (Å²) in [5, 5.41) is 48.3. The topological polar surface area (TPSA) is 120 Å². The van der Waals surface area contributed by atoms with Crippen LogP contribution in [0.1, 0.15) is 17.2 Å². The van der Waals surface area contributed by atoms with Crippen LogP contribution in [0.3, 0.4) is 0 Å². The molecule has 3 rings (SSSR count). The van der Waals surface area contributed by atoms with Crippen LogP contribution in [-0.2, 0) is 11.2 Å². The van der Waals surface area contributed by atoms with Gasteiger partial charge in [0.25, 0.3) is 0 Å². The molecule has 0 spiro atoms. The van der Waals surface area contributed by atoms with Gasteiger partial charge >= 0.3 is 0 Å². The van der Waals surface area contributed by atoms with E-state index in [1.54, 1.807) is 0 Å². The minimum Gasteiger partial charge on any atom is -0.508 e. The zero-order chi connectivity index (χ0) is 16.7. The van der Waals surface area contributed by atoms with Gasteiger partial charge in [-0.1, -0.05) is 0 Å². The molecule has 2 aromatic rings. The maximum absolute atomic E-state index is 9.92. The largest absolute Gasteiger partial charge is 0.508 e. The van der Waals surface area contributed by atoms with E-state index in [1.165, 1.54) is 31.4 Å². The Balaban J connectivity index is 2.05. The smallest absolute Gasteiger partial charge is 0.200 e. The molecule has 0 saturated heterocycles. The van der Waals surface area contributed by atoms with Gasteiger partial charge in [0.2, 0.25) is 0 Å². The van der Waals surface area contributed by atoms with Gasteiger partial charge in [-0.05, 0) is 12.1 Å². The van der Waals surface area contributed by atoms with Gasteiger partial charge in [0.1, 0.15) is 23.4 Å². The highest BCUT2D eigenvalue weighted by Crippen LogP contribution is 2.45. The summed E-state index contributed by atoms with van der Waals surface area (Å²) >= 11 is 0. The maximum atomic E-state index is 9.92. The Hall–Kier alpha value is -2.80. The van der Waals surface area contributed by atoms with E-state index in [0.29, 0.717) is 17.5 Å². The summed E-state index contributed by atoms with van der Waals surface area (Å²) in [6, 6.07) is 5.11. The molecular formula is C16H16O7. The molecule has 0 aromatic heterocycles. The second-order valence-corrected chi connectivity index (χ2v) is 5.37. The van der Waals surface area contributed by atoms with Crippen molar-refractivity contribution in [3.8, 4) is 34.5 Å². The molecule has 7 heteroatoms. The number of phenolic OH excluding ortho intramolecular Hbond substituents is 5. The number of benzene rings is 2. The molecule has 5 N–H and O–H groups in total. The number of aromatic hydroxyl groups is 5. The fourth-order valence-electron chi connectivity index (χ4n) is 2.73. The van der Waals surface area contributed by atoms with Crippen LogP contribution in [0, 0.1) is 0 Å². The van der Waals surface area contributed by atoms with Gasteiger partial charge in [0.15, 0.2) is 23.4 Å². The quantitative estimate of drug-likeness (QED) is 0.536. The third-order valence-corrected chi connectivity index (χ3v) is 3.89. The first-order valence-corrected chi connectivity index (χ1v) is 6.90. The first-order valence-electron chi connectivity index (χ1n) is 6.90. The fourth-order valence-corrected chi connectivity index (χ4v) is 2.73. The molecule has 2 atom stereocenters. The predicted molar refractivity (Wildman–Crippen MR) is 79.1 cm³/mol. The maximum Gasteiger partial charge on any atom is 0.200 e. The molecule has 0 fully saturated rings. The molecule has 1 heterocycles. The lowest BCUT2D eigenvalue weighted by atomic mass is 9.93. The van der Waals surface area contributed by atoms with Gasteiger partial charge in [-0.2, -0.15) is 0 Å². The average molecular weight is 320 g/mol. The number of rotatable bonds is 2. The molecule has 0 amide bonds. The van der Waals surface area contributed by atoms with E-state index in [0.717, 1.165) is 0 Å². The molecule has 23 heavy (non-hydrogen) atoms. The molecule has 0 radical (unpaired) electrons. The molecule has 1 aliphatic heterocycles. The van der Waals surface area contributed by atoms with E-state index in [9.17, 15) is 25.5 Å². The van der Waals surface area contributed by atoms with Crippen LogP contribution >= 0.6 is 0 Å². The minimum absolute atomic E-state index is 0.100. The summed E-state index contributed by atoms with van der Waals surface area (Å²) in [6.07, 6.45) is -0.891. The Morgan fingerprint density at radius 1 is 0.957 bits per heavy atom. The number of fused-ring (bicyclic) bond motifs is 1. The lowest BCUT2D eigenvalue weighted by molar-refractivity contribution is -0.0123. The molecule has 2 aromatic carbocycles. The number of hydrogen-bond acceptors (Lipinski definition) is 7. The number of methoxy groups -OCH3 is 1. The van der Waals surface area contributed by atoms with Gasteiger partial charge < -0.3 is 35.0 Å². The van der Waals surface area contributed by atoms with Crippen LogP contribution in [-0.4, -0.2) is 38.7 Å². The molecule has 0 aliphatic carbocycles. The minimum atomic E-state index is -0.703. The zero-order valence-corrected chi connectivity index (χ0v) is 12.2. The van der Waals surface area contributed by atoms with E-state index in [2.05, 4.69) is 0 Å². The zero-order valence-electron chi connectivity index (χ0n) is 12.2. The van der Waals surface area contributed by atoms with Crippen molar-refractivity contribution in [3.05, 3.63) is 35.4 Å². The van der Waals surface area contributed by atoms with Gasteiger partial charge in [-0.25, -0.2) is 0 Å². The first-order chi connectivity index (χ1) is 10.9. The van der Waals surface area contributed by atoms with Crippen LogP contribution in [0.25, 0.3) is 0 Å². The highest BCUT2D eigenvalue weighted by atomic mass is 16.5. The van der Waals surface area contributed by atoms with Crippen molar-refractivity contribution < 1.29 is 35.0 Å². The highest BCUT2D eigenvalue weighted by molar-refractivity contribution is 5.54. The number of ether oxygens (including phenoxy) is 2. The summed E-state index contributed by atoms with van der Waals surface area (Å²) in [4.78, 5) is 0. The lowest BCUT2D eigenvalue weighted by Crippen LogP contribution is -2.32. The van der Waals surface area contributed by atoms with Crippen molar-refractivity contribution in [1.82, 2.24) is 0 Å². The van der Waals surface area contributed by atoms with Crippen molar-refractivity contribution >= 4 is 0 Å². The Morgan fingerprint density at radius 3 is 2.22 bits per heavy atom. The standard InChI is InChI=1S/C16H16O7/c1-22-14-6-9-10(18)4-8(17)5-13(9)23-16(14)7-2-11(19)15(21)12(20)3-7/h2-5,14,16-21H,6H2,1H3. The molecule has 7 nitrogen and oxygen atoms in total. The van der Waals surface area contributed by atoms with Gasteiger partial charge in [0, 0.05) is 36.8 Å². The molecule has 122 valence electrons. The van der Waals surface area contributed by atoms with Crippen LogP contribution in [0.4, 0.5) is 0 Å². The molecule has 0 saturated carbocycles. The van der Waals surface area contributed by atoms with Crippen molar-refractivity contribution in [3.63, 3.8) is 0 Å². The van der Waals surface area contributed by atoms with Crippen LogP contribution in [0.15, 0.2) is 24.3 Å². The van der Waals surface area contributed by atoms with Crippen molar-refractivity contribution in [2.45, 2.75) is 18.6 Å². The van der Waals surface area contributed by atoms with Crippen molar-refractivity contribution in [1.29, 1.82) is 0 Å². The SMILES string of the molecule is COC1Cc2c(O)cc(O)cc2OC1c1cc(O)c(O)c(O)c1. The van der Waals surface area contributed by atoms with E-state index in [-0.39, 0.29) is 17.2 Å². The van der Waals surface area contributed by atoms with Crippen molar-refractivity contribution in [2.75, 3.05) is 7.11 Å². The summed E-state index contributed by atoms with van der Waals surface area (Å²) in [5.41, 5.74) is 0.885. The molecule has 2 unspecified atom stereocenters. The van der Waals surface area contributed by atoms with Gasteiger partial charge in [-0.15, -0.1) is 0 Å². The van der Waals surface area contributed by atoms with Crippen LogP contribution < -0.4 is 4.74 Å². The van der Waals surface area contributed by atoms with Crippen LogP contribution in [0.2, 0.25) is 0 Å². The van der Waals surface area contributed by atoms with Crippen LogP contribution in [0.5, 0.6) is 34.5 Å². The second kappa shape index (κ2) is 5.44. The monoisotopic (exact) mass is 320 g/mol. The predicted octanol–water partition coefficient (Wildman–Crippen LogP) is 1.91. The Kier molecular flexibility index (Phi) is 3.57. The first kappa shape index (κ1) is 15.1. The average Bonchev–Trinajstić information content (AvgIpc) is 2.50. The number of phenols is 5. The van der Waals surface area contributed by atoms with Gasteiger partial charge in [0.05, 0.1) is 0 Å². The van der Waals surface area contributed by atoms with E-state index >= 15 is 0 Å². The van der Waals surface area contributed by atoms with E-state index in [1.807, 2.05) is 0 Å². The molecular weight excluding hydrogens is 304 g/mol. The summed E-state index contributed by atoms with van der Waals surface area (Å²) < 4.78 is 11.2. The normalized spacial score (nSPS) is 19.9. The van der Waals surface area contributed by atoms with E-state index < -0.39 is 29.5 Å². The Bertz CT molecular complexity index is 733. The van der Waals surface area contributed by atoms with E-state index in [4.69, 9.17) is 9.47 Å². The third kappa shape index (κ3) is 2.55. The summed E-state index contributed by atoms with van der Waals surface area (Å²) in [6.45, 7) is 0. The highest BCUT2D eigenvalue weighted by Gasteiger charge is 2.34. The summed E-state index contributed by atoms with van der Waals surface area (Å²) in [7, 11) is 1.48. The van der Waals surface area contributed by atoms with Crippen molar-refractivity contribution in [2.24, 2.45) is 0 Å². The summed E-state index contributed by atoms with van der Waals surface area (Å²) in [5.74, 6) is -1.54. The molecule has 1 aliphatic rings. The Labute approximate surface area is 131 Å². The number of hydrogen-bond donors (Lipinski definition) is 5. The third-order valence-electron chi connectivity index (χ3n) is 3.89. The molecule has 0 bridgehead atoms. The fraction of sp³-hybridized carbons (Fsp3) is 0.250. The second-order valence-electron chi connectivity index (χ2n) is 5.37. The lowest BCUT2D eigenvalue weighted by Gasteiger charge is -2.33.